The van der Waals surface area contributed by atoms with Crippen molar-refractivity contribution in [2.45, 2.75) is 39.2 Å². The van der Waals surface area contributed by atoms with E-state index in [9.17, 15) is 9.59 Å². The predicted octanol–water partition coefficient (Wildman–Crippen LogP) is 2.92. The van der Waals surface area contributed by atoms with E-state index in [0.29, 0.717) is 18.2 Å². The SMILES string of the molecule is Cc1ccc(C(C)C)c(OCC(=O)N2CCSCC2CC(=O)O)c1. The maximum Gasteiger partial charge on any atom is 0.305 e. The number of thioether (sulfide) groups is 1. The van der Waals surface area contributed by atoms with Gasteiger partial charge in [0.15, 0.2) is 6.61 Å². The van der Waals surface area contributed by atoms with Crippen LogP contribution in [-0.2, 0) is 9.59 Å². The number of nitrogens with zero attached hydrogens (tertiary/aromatic N) is 1. The van der Waals surface area contributed by atoms with Crippen molar-refractivity contribution < 1.29 is 19.4 Å². The normalized spacial score (nSPS) is 17.8. The van der Waals surface area contributed by atoms with Crippen LogP contribution in [0.25, 0.3) is 0 Å². The monoisotopic (exact) mass is 351 g/mol. The molecule has 0 aromatic heterocycles. The number of hydrogen-bond donors (Lipinski definition) is 1. The molecule has 1 fully saturated rings. The van der Waals surface area contributed by atoms with E-state index >= 15 is 0 Å². The summed E-state index contributed by atoms with van der Waals surface area (Å²) in [6.07, 6.45) is -0.0135. The molecule has 1 aromatic carbocycles. The zero-order valence-corrected chi connectivity index (χ0v) is 15.3. The lowest BCUT2D eigenvalue weighted by atomic mass is 10.0. The molecule has 1 aliphatic heterocycles. The summed E-state index contributed by atoms with van der Waals surface area (Å²) in [5.41, 5.74) is 2.16. The van der Waals surface area contributed by atoms with Gasteiger partial charge in [-0.2, -0.15) is 11.8 Å². The van der Waals surface area contributed by atoms with Crippen LogP contribution in [0.15, 0.2) is 18.2 Å². The first-order valence-electron chi connectivity index (χ1n) is 8.21. The van der Waals surface area contributed by atoms with Gasteiger partial charge in [-0.3, -0.25) is 9.59 Å². The van der Waals surface area contributed by atoms with Gasteiger partial charge in [-0.15, -0.1) is 0 Å². The molecule has 1 aliphatic rings. The van der Waals surface area contributed by atoms with Crippen LogP contribution < -0.4 is 4.74 Å². The Hall–Kier alpha value is -1.69. The lowest BCUT2D eigenvalue weighted by molar-refractivity contribution is -0.141. The van der Waals surface area contributed by atoms with Crippen LogP contribution in [0, 0.1) is 6.92 Å². The number of hydrogen-bond acceptors (Lipinski definition) is 4. The first-order chi connectivity index (χ1) is 11.4. The summed E-state index contributed by atoms with van der Waals surface area (Å²) in [7, 11) is 0. The zero-order valence-electron chi connectivity index (χ0n) is 14.4. The van der Waals surface area contributed by atoms with Crippen molar-refractivity contribution in [2.75, 3.05) is 24.7 Å². The van der Waals surface area contributed by atoms with Crippen LogP contribution in [0.4, 0.5) is 0 Å². The number of carboxylic acid groups (broad SMARTS) is 1. The summed E-state index contributed by atoms with van der Waals surface area (Å²) in [6, 6.07) is 5.77. The summed E-state index contributed by atoms with van der Waals surface area (Å²) in [4.78, 5) is 25.2. The number of carbonyl (C=O) groups is 2. The van der Waals surface area contributed by atoms with E-state index in [4.69, 9.17) is 9.84 Å². The second-order valence-electron chi connectivity index (χ2n) is 6.40. The average Bonchev–Trinajstić information content (AvgIpc) is 2.52. The number of carbonyl (C=O) groups excluding carboxylic acids is 1. The second kappa shape index (κ2) is 8.42. The molecule has 1 N–H and O–H groups in total. The van der Waals surface area contributed by atoms with E-state index in [1.807, 2.05) is 25.1 Å². The van der Waals surface area contributed by atoms with E-state index in [0.717, 1.165) is 22.6 Å². The van der Waals surface area contributed by atoms with Gasteiger partial charge in [-0.05, 0) is 30.0 Å². The van der Waals surface area contributed by atoms with Crippen molar-refractivity contribution in [3.8, 4) is 5.75 Å². The third kappa shape index (κ3) is 4.90. The van der Waals surface area contributed by atoms with Gasteiger partial charge in [0.1, 0.15) is 5.75 Å². The number of rotatable bonds is 6. The molecule has 1 unspecified atom stereocenters. The second-order valence-corrected chi connectivity index (χ2v) is 7.55. The van der Waals surface area contributed by atoms with Crippen molar-refractivity contribution in [2.24, 2.45) is 0 Å². The maximum atomic E-state index is 12.5. The van der Waals surface area contributed by atoms with Crippen LogP contribution in [0.1, 0.15) is 37.3 Å². The fourth-order valence-corrected chi connectivity index (χ4v) is 3.88. The minimum atomic E-state index is -0.873. The molecule has 0 spiro atoms. The third-order valence-electron chi connectivity index (χ3n) is 4.10. The van der Waals surface area contributed by atoms with Gasteiger partial charge in [-0.1, -0.05) is 26.0 Å². The number of ether oxygens (including phenoxy) is 1. The highest BCUT2D eigenvalue weighted by Crippen LogP contribution is 2.28. The van der Waals surface area contributed by atoms with Gasteiger partial charge < -0.3 is 14.7 Å². The summed E-state index contributed by atoms with van der Waals surface area (Å²) in [5, 5.41) is 9.02. The van der Waals surface area contributed by atoms with Gasteiger partial charge >= 0.3 is 5.97 Å². The Labute approximate surface area is 147 Å². The molecule has 132 valence electrons. The van der Waals surface area contributed by atoms with E-state index in [2.05, 4.69) is 13.8 Å². The van der Waals surface area contributed by atoms with Crippen LogP contribution >= 0.6 is 11.8 Å². The van der Waals surface area contributed by atoms with E-state index in [1.54, 1.807) is 16.7 Å². The molecule has 0 radical (unpaired) electrons. The molecule has 24 heavy (non-hydrogen) atoms. The van der Waals surface area contributed by atoms with Crippen LogP contribution in [-0.4, -0.2) is 52.6 Å². The number of benzene rings is 1. The van der Waals surface area contributed by atoms with Crippen molar-refractivity contribution in [3.63, 3.8) is 0 Å². The van der Waals surface area contributed by atoms with E-state index in [-0.39, 0.29) is 25.0 Å². The Balaban J connectivity index is 2.04. The van der Waals surface area contributed by atoms with Crippen LogP contribution in [0.3, 0.4) is 0 Å². The summed E-state index contributed by atoms with van der Waals surface area (Å²) in [5.74, 6) is 1.53. The minimum absolute atomic E-state index is 0.0135. The molecule has 1 atom stereocenters. The lowest BCUT2D eigenvalue weighted by Gasteiger charge is -2.34. The average molecular weight is 351 g/mol. The highest BCUT2D eigenvalue weighted by molar-refractivity contribution is 7.99. The van der Waals surface area contributed by atoms with Gasteiger partial charge in [0, 0.05) is 18.1 Å². The molecule has 1 amide bonds. The van der Waals surface area contributed by atoms with Gasteiger partial charge in [-0.25, -0.2) is 0 Å². The Morgan fingerprint density at radius 3 is 2.83 bits per heavy atom. The Kier molecular flexibility index (Phi) is 6.54. The standard InChI is InChI=1S/C18H25NO4S/c1-12(2)15-5-4-13(3)8-16(15)23-10-17(20)19-6-7-24-11-14(19)9-18(21)22/h4-5,8,12,14H,6-7,9-11H2,1-3H3,(H,21,22). The number of aliphatic carboxylic acids is 1. The molecule has 1 heterocycles. The molecule has 0 aliphatic carbocycles. The Morgan fingerprint density at radius 1 is 1.42 bits per heavy atom. The summed E-state index contributed by atoms with van der Waals surface area (Å²) in [6.45, 7) is 6.69. The highest BCUT2D eigenvalue weighted by atomic mass is 32.2. The van der Waals surface area contributed by atoms with Crippen LogP contribution in [0.2, 0.25) is 0 Å². The quantitative estimate of drug-likeness (QED) is 0.853. The first kappa shape index (κ1) is 18.6. The molecule has 1 saturated heterocycles. The predicted molar refractivity (Wildman–Crippen MR) is 95.8 cm³/mol. The van der Waals surface area contributed by atoms with Gasteiger partial charge in [0.05, 0.1) is 12.5 Å². The first-order valence-corrected chi connectivity index (χ1v) is 9.36. The Morgan fingerprint density at radius 2 is 2.17 bits per heavy atom. The molecular weight excluding hydrogens is 326 g/mol. The molecule has 6 heteroatoms. The molecule has 1 aromatic rings. The van der Waals surface area contributed by atoms with Gasteiger partial charge in [0.2, 0.25) is 0 Å². The smallest absolute Gasteiger partial charge is 0.305 e. The fourth-order valence-electron chi connectivity index (χ4n) is 2.82. The van der Waals surface area contributed by atoms with Crippen molar-refractivity contribution in [3.05, 3.63) is 29.3 Å². The fraction of sp³-hybridized carbons (Fsp3) is 0.556. The minimum Gasteiger partial charge on any atom is -0.483 e. The van der Waals surface area contributed by atoms with Crippen LogP contribution in [0.5, 0.6) is 5.75 Å². The van der Waals surface area contributed by atoms with Crippen molar-refractivity contribution in [1.29, 1.82) is 0 Å². The van der Waals surface area contributed by atoms with Gasteiger partial charge in [0.25, 0.3) is 5.91 Å². The Bertz CT molecular complexity index is 603. The summed E-state index contributed by atoms with van der Waals surface area (Å²) >= 11 is 1.69. The molecule has 0 saturated carbocycles. The summed E-state index contributed by atoms with van der Waals surface area (Å²) < 4.78 is 5.80. The molecule has 0 bridgehead atoms. The number of amides is 1. The number of carboxylic acids is 1. The topological polar surface area (TPSA) is 66.8 Å². The zero-order chi connectivity index (χ0) is 17.7. The molecular formula is C18H25NO4S. The molecule has 2 rings (SSSR count). The van der Waals surface area contributed by atoms with Crippen molar-refractivity contribution in [1.82, 2.24) is 4.90 Å². The highest BCUT2D eigenvalue weighted by Gasteiger charge is 2.29. The third-order valence-corrected chi connectivity index (χ3v) is 5.19. The lowest BCUT2D eigenvalue weighted by Crippen LogP contribution is -2.48. The maximum absolute atomic E-state index is 12.5. The van der Waals surface area contributed by atoms with E-state index in [1.165, 1.54) is 0 Å². The van der Waals surface area contributed by atoms with Crippen molar-refractivity contribution >= 4 is 23.6 Å². The number of aryl methyl sites for hydroxylation is 1. The van der Waals surface area contributed by atoms with E-state index < -0.39 is 5.97 Å². The largest absolute Gasteiger partial charge is 0.483 e. The molecule has 5 nitrogen and oxygen atoms in total.